The highest BCUT2D eigenvalue weighted by atomic mass is 32.2. The molecule has 1 aromatic carbocycles. The number of hydrogen-bond acceptors (Lipinski definition) is 2. The van der Waals surface area contributed by atoms with Crippen LogP contribution in [0.3, 0.4) is 0 Å². The zero-order chi connectivity index (χ0) is 12.3. The molecule has 90 valence electrons. The van der Waals surface area contributed by atoms with Gasteiger partial charge in [-0.05, 0) is 42.7 Å². The molecule has 0 N–H and O–H groups in total. The van der Waals surface area contributed by atoms with E-state index < -0.39 is 0 Å². The Bertz CT molecular complexity index is 460. The van der Waals surface area contributed by atoms with Gasteiger partial charge >= 0.3 is 0 Å². The molecule has 0 unspecified atom stereocenters. The highest BCUT2D eigenvalue weighted by molar-refractivity contribution is 8.03. The van der Waals surface area contributed by atoms with Gasteiger partial charge in [0.15, 0.2) is 5.78 Å². The molecule has 0 fully saturated rings. The number of allylic oxidation sites excluding steroid dienone is 2. The third-order valence-electron chi connectivity index (χ3n) is 3.23. The molecule has 0 saturated carbocycles. The molecule has 0 bridgehead atoms. The van der Waals surface area contributed by atoms with Crippen LogP contribution in [-0.4, -0.2) is 5.78 Å². The Labute approximate surface area is 107 Å². The number of carbonyl (C=O) groups is 1. The summed E-state index contributed by atoms with van der Waals surface area (Å²) in [4.78, 5) is 14.2. The minimum Gasteiger partial charge on any atom is -0.295 e. The molecule has 0 aliphatic heterocycles. The number of carbonyl (C=O) groups excluding carboxylic acids is 1. The van der Waals surface area contributed by atoms with Gasteiger partial charge in [-0.3, -0.25) is 4.79 Å². The fourth-order valence-electron chi connectivity index (χ4n) is 2.10. The fourth-order valence-corrected chi connectivity index (χ4v) is 3.36. The van der Waals surface area contributed by atoms with Crippen molar-refractivity contribution in [2.45, 2.75) is 44.4 Å². The summed E-state index contributed by atoms with van der Waals surface area (Å²) in [6.07, 6.45) is 3.84. The topological polar surface area (TPSA) is 17.1 Å². The standard InChI is InChI=1S/C15H18OS/c1-3-12-7-4-5-9-15(12)17-14-10-6-8-13(16)11(14)2/h4-5,7,9H,3,6,8,10H2,1-2H3. The van der Waals surface area contributed by atoms with Crippen LogP contribution in [0.15, 0.2) is 39.6 Å². The quantitative estimate of drug-likeness (QED) is 0.788. The zero-order valence-electron chi connectivity index (χ0n) is 10.5. The second-order valence-electron chi connectivity index (χ2n) is 4.39. The third-order valence-corrected chi connectivity index (χ3v) is 4.61. The van der Waals surface area contributed by atoms with Crippen molar-refractivity contribution < 1.29 is 4.79 Å². The van der Waals surface area contributed by atoms with E-state index in [-0.39, 0.29) is 0 Å². The molecule has 0 atom stereocenters. The first-order valence-electron chi connectivity index (χ1n) is 6.21. The summed E-state index contributed by atoms with van der Waals surface area (Å²) in [6, 6.07) is 8.48. The van der Waals surface area contributed by atoms with E-state index in [4.69, 9.17) is 0 Å². The van der Waals surface area contributed by atoms with Crippen LogP contribution in [0.4, 0.5) is 0 Å². The molecule has 0 aromatic heterocycles. The van der Waals surface area contributed by atoms with E-state index >= 15 is 0 Å². The van der Waals surface area contributed by atoms with Crippen molar-refractivity contribution in [2.75, 3.05) is 0 Å². The van der Waals surface area contributed by atoms with Gasteiger partial charge in [-0.1, -0.05) is 36.9 Å². The Hall–Kier alpha value is -1.02. The van der Waals surface area contributed by atoms with Gasteiger partial charge in [0.1, 0.15) is 0 Å². The number of Topliss-reactive ketones (excluding diaryl/α,β-unsaturated/α-hetero) is 1. The molecule has 0 spiro atoms. The largest absolute Gasteiger partial charge is 0.295 e. The number of thioether (sulfide) groups is 1. The average molecular weight is 246 g/mol. The molecule has 1 aliphatic carbocycles. The maximum atomic E-state index is 11.7. The summed E-state index contributed by atoms with van der Waals surface area (Å²) in [7, 11) is 0. The molecular formula is C15H18OS. The van der Waals surface area contributed by atoms with Gasteiger partial charge in [0.25, 0.3) is 0 Å². The minimum atomic E-state index is 0.327. The van der Waals surface area contributed by atoms with Crippen LogP contribution < -0.4 is 0 Å². The summed E-state index contributed by atoms with van der Waals surface area (Å²) >= 11 is 1.79. The summed E-state index contributed by atoms with van der Waals surface area (Å²) in [5.74, 6) is 0.327. The van der Waals surface area contributed by atoms with Crippen LogP contribution in [0.25, 0.3) is 0 Å². The van der Waals surface area contributed by atoms with E-state index in [1.807, 2.05) is 6.92 Å². The molecular weight excluding hydrogens is 228 g/mol. The van der Waals surface area contributed by atoms with Crippen molar-refractivity contribution in [2.24, 2.45) is 0 Å². The highest BCUT2D eigenvalue weighted by Gasteiger charge is 2.18. The maximum Gasteiger partial charge on any atom is 0.159 e. The molecule has 0 amide bonds. The lowest BCUT2D eigenvalue weighted by Gasteiger charge is -2.17. The second-order valence-corrected chi connectivity index (χ2v) is 5.52. The monoisotopic (exact) mass is 246 g/mol. The SMILES string of the molecule is CCc1ccccc1SC1=C(C)C(=O)CCC1. The lowest BCUT2D eigenvalue weighted by atomic mass is 9.99. The minimum absolute atomic E-state index is 0.327. The van der Waals surface area contributed by atoms with Gasteiger partial charge in [-0.15, -0.1) is 0 Å². The number of benzene rings is 1. The summed E-state index contributed by atoms with van der Waals surface area (Å²) < 4.78 is 0. The maximum absolute atomic E-state index is 11.7. The first-order chi connectivity index (χ1) is 8.22. The van der Waals surface area contributed by atoms with Crippen LogP contribution >= 0.6 is 11.8 Å². The number of hydrogen-bond donors (Lipinski definition) is 0. The van der Waals surface area contributed by atoms with E-state index in [1.54, 1.807) is 11.8 Å². The first-order valence-corrected chi connectivity index (χ1v) is 7.02. The molecule has 2 heteroatoms. The van der Waals surface area contributed by atoms with Crippen LogP contribution in [0, 0.1) is 0 Å². The van der Waals surface area contributed by atoms with Gasteiger partial charge in [0.2, 0.25) is 0 Å². The average Bonchev–Trinajstić information content (AvgIpc) is 2.35. The van der Waals surface area contributed by atoms with Crippen molar-refractivity contribution >= 4 is 17.5 Å². The Kier molecular flexibility index (Phi) is 4.06. The van der Waals surface area contributed by atoms with Gasteiger partial charge in [0, 0.05) is 16.9 Å². The highest BCUT2D eigenvalue weighted by Crippen LogP contribution is 2.37. The lowest BCUT2D eigenvalue weighted by molar-refractivity contribution is -0.115. The van der Waals surface area contributed by atoms with Crippen LogP contribution in [-0.2, 0) is 11.2 Å². The van der Waals surface area contributed by atoms with Crippen LogP contribution in [0.5, 0.6) is 0 Å². The molecule has 2 rings (SSSR count). The first kappa shape index (κ1) is 12.4. The lowest BCUT2D eigenvalue weighted by Crippen LogP contribution is -2.07. The Balaban J connectivity index is 2.26. The van der Waals surface area contributed by atoms with Crippen molar-refractivity contribution in [1.29, 1.82) is 0 Å². The van der Waals surface area contributed by atoms with Gasteiger partial charge in [-0.25, -0.2) is 0 Å². The molecule has 1 aromatic rings. The Morgan fingerprint density at radius 2 is 2.00 bits per heavy atom. The van der Waals surface area contributed by atoms with Gasteiger partial charge < -0.3 is 0 Å². The molecule has 1 aliphatic rings. The van der Waals surface area contributed by atoms with Crippen LogP contribution in [0.1, 0.15) is 38.7 Å². The number of aryl methyl sites for hydroxylation is 1. The predicted molar refractivity (Wildman–Crippen MR) is 73.2 cm³/mol. The molecule has 17 heavy (non-hydrogen) atoms. The molecule has 0 heterocycles. The van der Waals surface area contributed by atoms with E-state index in [1.165, 1.54) is 15.4 Å². The van der Waals surface area contributed by atoms with Crippen molar-refractivity contribution in [3.8, 4) is 0 Å². The van der Waals surface area contributed by atoms with E-state index in [0.717, 1.165) is 31.3 Å². The van der Waals surface area contributed by atoms with Crippen molar-refractivity contribution in [1.82, 2.24) is 0 Å². The fraction of sp³-hybridized carbons (Fsp3) is 0.400. The molecule has 0 radical (unpaired) electrons. The summed E-state index contributed by atoms with van der Waals surface area (Å²) in [5.41, 5.74) is 2.35. The Morgan fingerprint density at radius 3 is 2.76 bits per heavy atom. The Morgan fingerprint density at radius 1 is 1.24 bits per heavy atom. The predicted octanol–water partition coefficient (Wildman–Crippen LogP) is 4.37. The number of ketones is 1. The molecule has 1 nitrogen and oxygen atoms in total. The zero-order valence-corrected chi connectivity index (χ0v) is 11.3. The normalized spacial score (nSPS) is 16.5. The second kappa shape index (κ2) is 5.54. The summed E-state index contributed by atoms with van der Waals surface area (Å²) in [5, 5.41) is 0. The smallest absolute Gasteiger partial charge is 0.159 e. The van der Waals surface area contributed by atoms with Crippen molar-refractivity contribution in [3.63, 3.8) is 0 Å². The molecule has 0 saturated heterocycles. The third kappa shape index (κ3) is 2.81. The van der Waals surface area contributed by atoms with Crippen LogP contribution in [0.2, 0.25) is 0 Å². The van der Waals surface area contributed by atoms with E-state index in [2.05, 4.69) is 31.2 Å². The van der Waals surface area contributed by atoms with Crippen molar-refractivity contribution in [3.05, 3.63) is 40.3 Å². The summed E-state index contributed by atoms with van der Waals surface area (Å²) in [6.45, 7) is 4.14. The van der Waals surface area contributed by atoms with E-state index in [9.17, 15) is 4.79 Å². The number of rotatable bonds is 3. The van der Waals surface area contributed by atoms with E-state index in [0.29, 0.717) is 5.78 Å². The van der Waals surface area contributed by atoms with Gasteiger partial charge in [-0.2, -0.15) is 0 Å². The van der Waals surface area contributed by atoms with Gasteiger partial charge in [0.05, 0.1) is 0 Å².